The average Bonchev–Trinajstić information content (AvgIpc) is 2.66. The molecular weight excluding hydrogens is 314 g/mol. The minimum absolute atomic E-state index is 0.0535. The highest BCUT2D eigenvalue weighted by Gasteiger charge is 2.26. The second-order valence-corrected chi connectivity index (χ2v) is 6.69. The van der Waals surface area contributed by atoms with E-state index in [0.29, 0.717) is 19.2 Å². The monoisotopic (exact) mass is 347 g/mol. The van der Waals surface area contributed by atoms with Crippen LogP contribution in [0.5, 0.6) is 0 Å². The first-order valence-electron chi connectivity index (χ1n) is 9.57. The van der Waals surface area contributed by atoms with Gasteiger partial charge in [-0.25, -0.2) is 0 Å². The standard InChI is InChI=1S/C20H33N3O2/c1-3-25-15-7-12-21-20(24)17(2)23-13-10-19(11-14-23)22-16-18-8-5-4-6-9-18/h4-6,8-9,17,19,22H,3,7,10-16H2,1-2H3,(H,21,24)/t17-/m0/s1. The largest absolute Gasteiger partial charge is 0.382 e. The third-order valence-electron chi connectivity index (χ3n) is 4.86. The molecule has 5 nitrogen and oxygen atoms in total. The molecule has 0 spiro atoms. The van der Waals surface area contributed by atoms with E-state index in [-0.39, 0.29) is 11.9 Å². The lowest BCUT2D eigenvalue weighted by Gasteiger charge is -2.35. The Labute approximate surface area is 152 Å². The maximum Gasteiger partial charge on any atom is 0.237 e. The summed E-state index contributed by atoms with van der Waals surface area (Å²) in [6.07, 6.45) is 3.06. The van der Waals surface area contributed by atoms with E-state index in [2.05, 4.69) is 39.8 Å². The van der Waals surface area contributed by atoms with Gasteiger partial charge in [-0.05, 0) is 38.7 Å². The molecule has 0 aromatic heterocycles. The maximum absolute atomic E-state index is 12.3. The van der Waals surface area contributed by atoms with Crippen LogP contribution in [-0.4, -0.2) is 55.7 Å². The van der Waals surface area contributed by atoms with Crippen molar-refractivity contribution in [1.82, 2.24) is 15.5 Å². The second kappa shape index (κ2) is 11.2. The number of nitrogens with zero attached hydrogens (tertiary/aromatic N) is 1. The molecule has 1 amide bonds. The van der Waals surface area contributed by atoms with E-state index in [9.17, 15) is 4.79 Å². The molecule has 0 radical (unpaired) electrons. The number of nitrogens with one attached hydrogen (secondary N) is 2. The van der Waals surface area contributed by atoms with Crippen LogP contribution in [0.25, 0.3) is 0 Å². The predicted molar refractivity (Wildman–Crippen MR) is 101 cm³/mol. The van der Waals surface area contributed by atoms with Crippen LogP contribution in [0.4, 0.5) is 0 Å². The molecule has 25 heavy (non-hydrogen) atoms. The minimum atomic E-state index is -0.0535. The molecule has 1 saturated heterocycles. The van der Waals surface area contributed by atoms with Crippen LogP contribution in [-0.2, 0) is 16.1 Å². The van der Waals surface area contributed by atoms with E-state index >= 15 is 0 Å². The van der Waals surface area contributed by atoms with Crippen molar-refractivity contribution >= 4 is 5.91 Å². The van der Waals surface area contributed by atoms with Gasteiger partial charge in [0.1, 0.15) is 0 Å². The zero-order chi connectivity index (χ0) is 17.9. The summed E-state index contributed by atoms with van der Waals surface area (Å²) in [5.41, 5.74) is 1.32. The number of ether oxygens (including phenoxy) is 1. The SMILES string of the molecule is CCOCCCNC(=O)[C@H](C)N1CCC(NCc2ccccc2)CC1. The summed E-state index contributed by atoms with van der Waals surface area (Å²) in [5.74, 6) is 0.132. The van der Waals surface area contributed by atoms with Crippen molar-refractivity contribution in [3.8, 4) is 0 Å². The van der Waals surface area contributed by atoms with E-state index in [1.807, 2.05) is 19.9 Å². The van der Waals surface area contributed by atoms with Gasteiger partial charge in [-0.2, -0.15) is 0 Å². The summed E-state index contributed by atoms with van der Waals surface area (Å²) in [4.78, 5) is 14.5. The first-order valence-corrected chi connectivity index (χ1v) is 9.57. The third kappa shape index (κ3) is 7.14. The number of carbonyl (C=O) groups is 1. The molecule has 1 atom stereocenters. The van der Waals surface area contributed by atoms with Crippen molar-refractivity contribution in [2.45, 2.75) is 51.7 Å². The number of hydrogen-bond donors (Lipinski definition) is 2. The van der Waals surface area contributed by atoms with Crippen molar-refractivity contribution in [3.63, 3.8) is 0 Å². The van der Waals surface area contributed by atoms with Crippen molar-refractivity contribution < 1.29 is 9.53 Å². The fourth-order valence-electron chi connectivity index (χ4n) is 3.19. The van der Waals surface area contributed by atoms with Crippen LogP contribution >= 0.6 is 0 Å². The number of carbonyl (C=O) groups excluding carboxylic acids is 1. The van der Waals surface area contributed by atoms with Gasteiger partial charge in [-0.3, -0.25) is 9.69 Å². The Morgan fingerprint density at radius 3 is 2.68 bits per heavy atom. The highest BCUT2D eigenvalue weighted by atomic mass is 16.5. The Kier molecular flexibility index (Phi) is 8.94. The van der Waals surface area contributed by atoms with E-state index in [4.69, 9.17) is 4.74 Å². The van der Waals surface area contributed by atoms with Gasteiger partial charge in [-0.1, -0.05) is 30.3 Å². The smallest absolute Gasteiger partial charge is 0.237 e. The van der Waals surface area contributed by atoms with Gasteiger partial charge in [-0.15, -0.1) is 0 Å². The molecule has 1 aromatic carbocycles. The fourth-order valence-corrected chi connectivity index (χ4v) is 3.19. The minimum Gasteiger partial charge on any atom is -0.382 e. The van der Waals surface area contributed by atoms with Crippen LogP contribution in [0.15, 0.2) is 30.3 Å². The molecule has 1 aliphatic rings. The quantitative estimate of drug-likeness (QED) is 0.637. The lowest BCUT2D eigenvalue weighted by molar-refractivity contribution is -0.126. The van der Waals surface area contributed by atoms with Gasteiger partial charge in [0.2, 0.25) is 5.91 Å². The summed E-state index contributed by atoms with van der Waals surface area (Å²) < 4.78 is 5.29. The summed E-state index contributed by atoms with van der Waals surface area (Å²) in [5, 5.41) is 6.66. The van der Waals surface area contributed by atoms with Gasteiger partial charge in [0.05, 0.1) is 6.04 Å². The van der Waals surface area contributed by atoms with Gasteiger partial charge in [0, 0.05) is 45.4 Å². The van der Waals surface area contributed by atoms with Gasteiger partial charge >= 0.3 is 0 Å². The van der Waals surface area contributed by atoms with Crippen LogP contribution in [0, 0.1) is 0 Å². The van der Waals surface area contributed by atoms with Crippen LogP contribution < -0.4 is 10.6 Å². The Hall–Kier alpha value is -1.43. The molecule has 1 fully saturated rings. The van der Waals surface area contributed by atoms with E-state index in [0.717, 1.165) is 45.5 Å². The van der Waals surface area contributed by atoms with E-state index in [1.54, 1.807) is 0 Å². The molecule has 1 heterocycles. The van der Waals surface area contributed by atoms with E-state index < -0.39 is 0 Å². The number of benzene rings is 1. The molecular formula is C20H33N3O2. The molecule has 0 unspecified atom stereocenters. The van der Waals surface area contributed by atoms with Crippen molar-refractivity contribution in [1.29, 1.82) is 0 Å². The molecule has 1 aromatic rings. The molecule has 2 N–H and O–H groups in total. The number of likely N-dealkylation sites (tertiary alicyclic amines) is 1. The topological polar surface area (TPSA) is 53.6 Å². The Balaban J connectivity index is 1.62. The molecule has 5 heteroatoms. The molecule has 1 aliphatic heterocycles. The summed E-state index contributed by atoms with van der Waals surface area (Å²) in [6, 6.07) is 11.0. The molecule has 0 aliphatic carbocycles. The zero-order valence-corrected chi connectivity index (χ0v) is 15.7. The van der Waals surface area contributed by atoms with Gasteiger partial charge < -0.3 is 15.4 Å². The van der Waals surface area contributed by atoms with E-state index in [1.165, 1.54) is 5.56 Å². The van der Waals surface area contributed by atoms with Gasteiger partial charge in [0.25, 0.3) is 0 Å². The second-order valence-electron chi connectivity index (χ2n) is 6.69. The summed E-state index contributed by atoms with van der Waals surface area (Å²) in [6.45, 7) is 9.00. The maximum atomic E-state index is 12.3. The average molecular weight is 348 g/mol. The first-order chi connectivity index (χ1) is 12.2. The van der Waals surface area contributed by atoms with Gasteiger partial charge in [0.15, 0.2) is 0 Å². The number of amides is 1. The number of rotatable bonds is 10. The summed E-state index contributed by atoms with van der Waals surface area (Å²) in [7, 11) is 0. The Morgan fingerprint density at radius 1 is 1.28 bits per heavy atom. The summed E-state index contributed by atoms with van der Waals surface area (Å²) >= 11 is 0. The molecule has 0 bridgehead atoms. The van der Waals surface area contributed by atoms with Crippen molar-refractivity contribution in [3.05, 3.63) is 35.9 Å². The zero-order valence-electron chi connectivity index (χ0n) is 15.7. The van der Waals surface area contributed by atoms with Crippen LogP contribution in [0.3, 0.4) is 0 Å². The normalized spacial score (nSPS) is 17.4. The van der Waals surface area contributed by atoms with Crippen molar-refractivity contribution in [2.75, 3.05) is 32.8 Å². The first kappa shape index (κ1) is 19.9. The highest BCUT2D eigenvalue weighted by Crippen LogP contribution is 2.14. The lowest BCUT2D eigenvalue weighted by atomic mass is 10.0. The molecule has 140 valence electrons. The highest BCUT2D eigenvalue weighted by molar-refractivity contribution is 5.81. The number of hydrogen-bond acceptors (Lipinski definition) is 4. The lowest BCUT2D eigenvalue weighted by Crippen LogP contribution is -2.51. The molecule has 0 saturated carbocycles. The Morgan fingerprint density at radius 2 is 2.00 bits per heavy atom. The van der Waals surface area contributed by atoms with Crippen LogP contribution in [0.1, 0.15) is 38.7 Å². The molecule has 2 rings (SSSR count). The third-order valence-corrected chi connectivity index (χ3v) is 4.86. The number of piperidine rings is 1. The fraction of sp³-hybridized carbons (Fsp3) is 0.650. The predicted octanol–water partition coefficient (Wildman–Crippen LogP) is 2.17. The van der Waals surface area contributed by atoms with Crippen molar-refractivity contribution in [2.24, 2.45) is 0 Å². The van der Waals surface area contributed by atoms with Crippen LogP contribution in [0.2, 0.25) is 0 Å². The Bertz CT molecular complexity index is 487.